The van der Waals surface area contributed by atoms with Crippen LogP contribution < -0.4 is 10.9 Å². The zero-order chi connectivity index (χ0) is 21.5. The molecular weight excluding hydrogens is 394 g/mol. The molecule has 0 spiro atoms. The van der Waals surface area contributed by atoms with Crippen LogP contribution in [0.2, 0.25) is 0 Å². The molecule has 31 heavy (non-hydrogen) atoms. The maximum Gasteiger partial charge on any atom is 0.263 e. The summed E-state index contributed by atoms with van der Waals surface area (Å²) in [6, 6.07) is 9.58. The normalized spacial score (nSPS) is 14.4. The molecule has 0 atom stereocenters. The Bertz CT molecular complexity index is 1320. The van der Waals surface area contributed by atoms with Gasteiger partial charge < -0.3 is 5.32 Å². The quantitative estimate of drug-likeness (QED) is 0.530. The number of amides is 1. The number of nitrogens with zero attached hydrogens (tertiary/aromatic N) is 5. The van der Waals surface area contributed by atoms with Gasteiger partial charge in [-0.15, -0.1) is 0 Å². The lowest BCUT2D eigenvalue weighted by Crippen LogP contribution is -2.23. The van der Waals surface area contributed by atoms with Crippen LogP contribution in [0.15, 0.2) is 41.3 Å². The van der Waals surface area contributed by atoms with Crippen molar-refractivity contribution >= 4 is 22.8 Å². The molecule has 1 saturated carbocycles. The Morgan fingerprint density at radius 3 is 2.61 bits per heavy atom. The summed E-state index contributed by atoms with van der Waals surface area (Å²) >= 11 is 0. The first-order valence-electron chi connectivity index (χ1n) is 10.4. The van der Waals surface area contributed by atoms with Crippen molar-refractivity contribution in [1.82, 2.24) is 29.5 Å². The number of carbonyl (C=O) groups excluding carboxylic acids is 1. The lowest BCUT2D eigenvalue weighted by Gasteiger charge is -2.12. The molecule has 3 heterocycles. The van der Waals surface area contributed by atoms with Crippen molar-refractivity contribution in [2.75, 3.05) is 5.32 Å². The monoisotopic (exact) mass is 417 g/mol. The fraction of sp³-hybridized carbons (Fsp3) is 0.318. The third kappa shape index (κ3) is 3.52. The van der Waals surface area contributed by atoms with E-state index in [2.05, 4.69) is 25.5 Å². The van der Waals surface area contributed by atoms with E-state index in [0.29, 0.717) is 22.5 Å². The fourth-order valence-corrected chi connectivity index (χ4v) is 4.05. The molecule has 2 N–H and O–H groups in total. The number of carbonyl (C=O) groups is 1. The molecule has 1 fully saturated rings. The molecule has 0 saturated heterocycles. The van der Waals surface area contributed by atoms with Crippen LogP contribution >= 0.6 is 0 Å². The van der Waals surface area contributed by atoms with Crippen LogP contribution in [0, 0.1) is 19.8 Å². The Balaban J connectivity index is 1.58. The second-order valence-corrected chi connectivity index (χ2v) is 8.07. The minimum Gasteiger partial charge on any atom is -0.310 e. The lowest BCUT2D eigenvalue weighted by molar-refractivity contribution is -0.119. The number of nitrogens with one attached hydrogen (secondary N) is 2. The van der Waals surface area contributed by atoms with Gasteiger partial charge in [-0.1, -0.05) is 30.5 Å². The van der Waals surface area contributed by atoms with Gasteiger partial charge in [-0.05, 0) is 38.8 Å². The number of hydrogen-bond acceptors (Lipinski definition) is 5. The van der Waals surface area contributed by atoms with E-state index in [9.17, 15) is 9.59 Å². The van der Waals surface area contributed by atoms with Crippen LogP contribution in [0.5, 0.6) is 0 Å². The van der Waals surface area contributed by atoms with Gasteiger partial charge in [0.25, 0.3) is 5.56 Å². The second-order valence-electron chi connectivity index (χ2n) is 8.07. The Labute approximate surface area is 178 Å². The first kappa shape index (κ1) is 19.2. The van der Waals surface area contributed by atoms with E-state index < -0.39 is 0 Å². The SMILES string of the molecule is Cc1ccc(-n2ncc3c(=O)[nH]c(-n4nc(C)cc4NC(=O)C4CCCC4)nc32)cc1. The average molecular weight is 417 g/mol. The fourth-order valence-electron chi connectivity index (χ4n) is 4.05. The van der Waals surface area contributed by atoms with Crippen molar-refractivity contribution < 1.29 is 4.79 Å². The number of anilines is 1. The second kappa shape index (κ2) is 7.50. The molecule has 0 bridgehead atoms. The summed E-state index contributed by atoms with van der Waals surface area (Å²) in [5.41, 5.74) is 2.73. The van der Waals surface area contributed by atoms with Crippen molar-refractivity contribution in [2.24, 2.45) is 5.92 Å². The van der Waals surface area contributed by atoms with E-state index in [1.807, 2.05) is 38.1 Å². The molecule has 3 aromatic heterocycles. The number of hydrogen-bond donors (Lipinski definition) is 2. The first-order chi connectivity index (χ1) is 15.0. The number of rotatable bonds is 4. The predicted octanol–water partition coefficient (Wildman–Crippen LogP) is 3.04. The van der Waals surface area contributed by atoms with Crippen LogP contribution in [-0.2, 0) is 4.79 Å². The van der Waals surface area contributed by atoms with Gasteiger partial charge in [-0.25, -0.2) is 4.68 Å². The zero-order valence-corrected chi connectivity index (χ0v) is 17.4. The van der Waals surface area contributed by atoms with Crippen molar-refractivity contribution in [3.05, 3.63) is 58.1 Å². The molecule has 1 aromatic carbocycles. The van der Waals surface area contributed by atoms with Crippen LogP contribution in [0.25, 0.3) is 22.7 Å². The highest BCUT2D eigenvalue weighted by atomic mass is 16.2. The Morgan fingerprint density at radius 1 is 1.13 bits per heavy atom. The van der Waals surface area contributed by atoms with Crippen LogP contribution in [-0.4, -0.2) is 35.4 Å². The number of aromatic amines is 1. The summed E-state index contributed by atoms with van der Waals surface area (Å²) in [4.78, 5) is 32.8. The molecule has 1 aliphatic rings. The van der Waals surface area contributed by atoms with Crippen molar-refractivity contribution in [3.8, 4) is 11.6 Å². The van der Waals surface area contributed by atoms with Crippen molar-refractivity contribution in [2.45, 2.75) is 39.5 Å². The lowest BCUT2D eigenvalue weighted by atomic mass is 10.1. The highest BCUT2D eigenvalue weighted by molar-refractivity contribution is 5.92. The molecule has 9 heteroatoms. The standard InChI is InChI=1S/C22H23N7O2/c1-13-7-9-16(10-8-13)28-19-17(12-23-28)21(31)26-22(25-19)29-18(11-14(2)27-29)24-20(30)15-5-3-4-6-15/h7-12,15H,3-6H2,1-2H3,(H,24,30)(H,25,26,31). The maximum absolute atomic E-state index is 12.7. The number of H-pyrrole nitrogens is 1. The molecule has 0 unspecified atom stereocenters. The van der Waals surface area contributed by atoms with Gasteiger partial charge in [0.15, 0.2) is 5.65 Å². The first-order valence-corrected chi connectivity index (χ1v) is 10.4. The third-order valence-corrected chi connectivity index (χ3v) is 5.71. The molecule has 4 aromatic rings. The Morgan fingerprint density at radius 2 is 1.87 bits per heavy atom. The van der Waals surface area contributed by atoms with Gasteiger partial charge in [0, 0.05) is 12.0 Å². The molecule has 1 amide bonds. The van der Waals surface area contributed by atoms with Gasteiger partial charge in [-0.3, -0.25) is 14.6 Å². The topological polar surface area (TPSA) is 110 Å². The molecule has 5 rings (SSSR count). The summed E-state index contributed by atoms with van der Waals surface area (Å²) in [7, 11) is 0. The average Bonchev–Trinajstić information content (AvgIpc) is 3.48. The zero-order valence-electron chi connectivity index (χ0n) is 17.4. The van der Waals surface area contributed by atoms with Gasteiger partial charge in [-0.2, -0.15) is 19.9 Å². The van der Waals surface area contributed by atoms with Crippen molar-refractivity contribution in [1.29, 1.82) is 0 Å². The highest BCUT2D eigenvalue weighted by Crippen LogP contribution is 2.26. The molecular formula is C22H23N7O2. The van der Waals surface area contributed by atoms with Crippen LogP contribution in [0.4, 0.5) is 5.82 Å². The number of fused-ring (bicyclic) bond motifs is 1. The summed E-state index contributed by atoms with van der Waals surface area (Å²) in [5.74, 6) is 0.701. The van der Waals surface area contributed by atoms with E-state index in [1.165, 1.54) is 10.9 Å². The molecule has 158 valence electrons. The van der Waals surface area contributed by atoms with Gasteiger partial charge in [0.2, 0.25) is 11.9 Å². The number of aromatic nitrogens is 6. The van der Waals surface area contributed by atoms with E-state index in [4.69, 9.17) is 0 Å². The Kier molecular flexibility index (Phi) is 4.65. The largest absolute Gasteiger partial charge is 0.310 e. The maximum atomic E-state index is 12.7. The summed E-state index contributed by atoms with van der Waals surface area (Å²) in [6.07, 6.45) is 5.45. The number of benzene rings is 1. The smallest absolute Gasteiger partial charge is 0.263 e. The minimum atomic E-state index is -0.320. The van der Waals surface area contributed by atoms with Crippen LogP contribution in [0.3, 0.4) is 0 Å². The van der Waals surface area contributed by atoms with E-state index in [-0.39, 0.29) is 23.3 Å². The molecule has 0 aliphatic heterocycles. The molecule has 9 nitrogen and oxygen atoms in total. The number of aryl methyl sites for hydroxylation is 2. The summed E-state index contributed by atoms with van der Waals surface area (Å²) in [5, 5.41) is 12.1. The predicted molar refractivity (Wildman–Crippen MR) is 117 cm³/mol. The van der Waals surface area contributed by atoms with Crippen molar-refractivity contribution in [3.63, 3.8) is 0 Å². The van der Waals surface area contributed by atoms with E-state index in [0.717, 1.165) is 36.9 Å². The molecule has 0 radical (unpaired) electrons. The Hall–Kier alpha value is -3.75. The van der Waals surface area contributed by atoms with Gasteiger partial charge in [0.05, 0.1) is 17.6 Å². The summed E-state index contributed by atoms with van der Waals surface area (Å²) < 4.78 is 3.09. The third-order valence-electron chi connectivity index (χ3n) is 5.71. The van der Waals surface area contributed by atoms with E-state index in [1.54, 1.807) is 10.7 Å². The molecule has 1 aliphatic carbocycles. The van der Waals surface area contributed by atoms with E-state index >= 15 is 0 Å². The minimum absolute atomic E-state index is 0.0149. The van der Waals surface area contributed by atoms with Gasteiger partial charge in [0.1, 0.15) is 11.2 Å². The van der Waals surface area contributed by atoms with Gasteiger partial charge >= 0.3 is 0 Å². The van der Waals surface area contributed by atoms with Crippen LogP contribution in [0.1, 0.15) is 36.9 Å². The highest BCUT2D eigenvalue weighted by Gasteiger charge is 2.24. The summed E-state index contributed by atoms with van der Waals surface area (Å²) in [6.45, 7) is 3.84.